The van der Waals surface area contributed by atoms with Crippen LogP contribution >= 0.6 is 0 Å². The van der Waals surface area contributed by atoms with Gasteiger partial charge >= 0.3 is 6.08 Å². The fraction of sp³-hybridized carbons (Fsp3) is 0.250. The molecule has 21 heavy (non-hydrogen) atoms. The van der Waals surface area contributed by atoms with Crippen molar-refractivity contribution < 1.29 is 9.15 Å². The van der Waals surface area contributed by atoms with Crippen LogP contribution < -0.4 is 10.1 Å². The molecule has 0 aliphatic rings. The summed E-state index contributed by atoms with van der Waals surface area (Å²) < 4.78 is 10.9. The van der Waals surface area contributed by atoms with E-state index in [1.807, 2.05) is 30.3 Å². The van der Waals surface area contributed by atoms with Gasteiger partial charge in [0, 0.05) is 24.2 Å². The van der Waals surface area contributed by atoms with Crippen molar-refractivity contribution in [1.82, 2.24) is 15.3 Å². The summed E-state index contributed by atoms with van der Waals surface area (Å²) in [5.41, 5.74) is 1.71. The highest BCUT2D eigenvalue weighted by Gasteiger charge is 2.07. The smallest absolute Gasteiger partial charge is 0.399 e. The van der Waals surface area contributed by atoms with Gasteiger partial charge in [-0.15, -0.1) is 0 Å². The Morgan fingerprint density at radius 3 is 3.14 bits per heavy atom. The minimum atomic E-state index is 0.249. The highest BCUT2D eigenvalue weighted by atomic mass is 16.6. The molecule has 0 atom stereocenters. The summed E-state index contributed by atoms with van der Waals surface area (Å²) in [6, 6.07) is 9.63. The van der Waals surface area contributed by atoms with Crippen LogP contribution in [0, 0.1) is 0 Å². The maximum Gasteiger partial charge on any atom is 0.399 e. The van der Waals surface area contributed by atoms with E-state index in [9.17, 15) is 0 Å². The van der Waals surface area contributed by atoms with Crippen LogP contribution in [0.2, 0.25) is 0 Å². The Labute approximate surface area is 123 Å². The second-order valence-corrected chi connectivity index (χ2v) is 4.74. The first kappa shape index (κ1) is 13.6. The number of nitrogens with zero attached hydrogens (tertiary/aromatic N) is 2. The summed E-state index contributed by atoms with van der Waals surface area (Å²) in [4.78, 5) is 8.58. The van der Waals surface area contributed by atoms with E-state index < -0.39 is 0 Å². The quantitative estimate of drug-likeness (QED) is 0.701. The van der Waals surface area contributed by atoms with Gasteiger partial charge < -0.3 is 14.5 Å². The van der Waals surface area contributed by atoms with Gasteiger partial charge in [-0.2, -0.15) is 4.98 Å². The van der Waals surface area contributed by atoms with Crippen LogP contribution in [0.25, 0.3) is 10.9 Å². The minimum Gasteiger partial charge on any atom is -0.417 e. The number of rotatable bonds is 6. The number of oxazole rings is 1. The molecule has 0 aliphatic heterocycles. The van der Waals surface area contributed by atoms with Crippen molar-refractivity contribution in [2.24, 2.45) is 0 Å². The normalized spacial score (nSPS) is 10.9. The fourth-order valence-electron chi connectivity index (χ4n) is 2.02. The van der Waals surface area contributed by atoms with Gasteiger partial charge in [0.25, 0.3) is 0 Å². The van der Waals surface area contributed by atoms with Gasteiger partial charge in [-0.1, -0.05) is 13.0 Å². The third-order valence-electron chi connectivity index (χ3n) is 3.05. The molecule has 0 unspecified atom stereocenters. The Kier molecular flexibility index (Phi) is 4.12. The molecule has 0 spiro atoms. The van der Waals surface area contributed by atoms with Crippen molar-refractivity contribution in [3.05, 3.63) is 48.5 Å². The molecule has 3 rings (SSSR count). The summed E-state index contributed by atoms with van der Waals surface area (Å²) in [6.07, 6.45) is 4.70. The third kappa shape index (κ3) is 3.38. The number of benzene rings is 1. The minimum absolute atomic E-state index is 0.249. The van der Waals surface area contributed by atoms with E-state index in [1.165, 1.54) is 0 Å². The molecule has 0 saturated carbocycles. The Bertz CT molecular complexity index is 724. The van der Waals surface area contributed by atoms with Crippen molar-refractivity contribution in [1.29, 1.82) is 0 Å². The molecule has 3 aromatic rings. The lowest BCUT2D eigenvalue weighted by Gasteiger charge is -2.02. The van der Waals surface area contributed by atoms with Crippen molar-refractivity contribution >= 4 is 10.9 Å². The zero-order chi connectivity index (χ0) is 14.5. The number of aromatic nitrogens is 2. The molecular weight excluding hydrogens is 266 g/mol. The average molecular weight is 283 g/mol. The summed E-state index contributed by atoms with van der Waals surface area (Å²) in [7, 11) is 0. The molecule has 1 aromatic carbocycles. The van der Waals surface area contributed by atoms with Crippen LogP contribution in [0.1, 0.15) is 19.0 Å². The van der Waals surface area contributed by atoms with E-state index in [4.69, 9.17) is 9.15 Å². The highest BCUT2D eigenvalue weighted by Crippen LogP contribution is 2.24. The number of ether oxygens (including phenoxy) is 1. The van der Waals surface area contributed by atoms with Crippen LogP contribution in [0.4, 0.5) is 0 Å². The van der Waals surface area contributed by atoms with Crippen LogP contribution in [-0.2, 0) is 6.54 Å². The highest BCUT2D eigenvalue weighted by molar-refractivity contribution is 5.79. The van der Waals surface area contributed by atoms with Gasteiger partial charge in [0.05, 0.1) is 11.2 Å². The van der Waals surface area contributed by atoms with E-state index >= 15 is 0 Å². The number of fused-ring (bicyclic) bond motifs is 1. The van der Waals surface area contributed by atoms with Crippen LogP contribution in [0.5, 0.6) is 11.8 Å². The fourth-order valence-corrected chi connectivity index (χ4v) is 2.02. The zero-order valence-corrected chi connectivity index (χ0v) is 11.9. The molecule has 0 aliphatic carbocycles. The molecule has 2 heterocycles. The molecular formula is C16H17N3O2. The monoisotopic (exact) mass is 283 g/mol. The lowest BCUT2D eigenvalue weighted by molar-refractivity contribution is 0.331. The van der Waals surface area contributed by atoms with Gasteiger partial charge in [-0.3, -0.25) is 4.98 Å². The molecule has 5 heteroatoms. The second-order valence-electron chi connectivity index (χ2n) is 4.74. The first-order valence-corrected chi connectivity index (χ1v) is 7.03. The van der Waals surface area contributed by atoms with Crippen LogP contribution in [0.15, 0.2) is 47.2 Å². The summed E-state index contributed by atoms with van der Waals surface area (Å²) in [5, 5.41) is 4.34. The van der Waals surface area contributed by atoms with Gasteiger partial charge in [0.15, 0.2) is 0 Å². The number of nitrogens with one attached hydrogen (secondary N) is 1. The Morgan fingerprint density at radius 1 is 1.29 bits per heavy atom. The van der Waals surface area contributed by atoms with Gasteiger partial charge in [-0.25, -0.2) is 0 Å². The largest absolute Gasteiger partial charge is 0.417 e. The molecule has 108 valence electrons. The standard InChI is InChI=1S/C16H17N3O2/c1-2-7-17-10-13-11-20-16(19-13)21-14-6-5-12-4-3-8-18-15(12)9-14/h3-6,8-9,11,17H,2,7,10H2,1H3. The molecule has 0 bridgehead atoms. The van der Waals surface area contributed by atoms with E-state index in [-0.39, 0.29) is 6.08 Å². The number of pyridine rings is 1. The van der Waals surface area contributed by atoms with E-state index in [0.717, 1.165) is 29.6 Å². The van der Waals surface area contributed by atoms with Crippen LogP contribution in [0.3, 0.4) is 0 Å². The SMILES string of the molecule is CCCNCc1coc(Oc2ccc3cccnc3c2)n1. The molecule has 0 radical (unpaired) electrons. The van der Waals surface area contributed by atoms with Gasteiger partial charge in [0.2, 0.25) is 0 Å². The van der Waals surface area contributed by atoms with Crippen molar-refractivity contribution in [2.45, 2.75) is 19.9 Å². The van der Waals surface area contributed by atoms with Crippen molar-refractivity contribution in [2.75, 3.05) is 6.54 Å². The molecule has 0 fully saturated rings. The summed E-state index contributed by atoms with van der Waals surface area (Å²) in [5.74, 6) is 0.663. The lowest BCUT2D eigenvalue weighted by atomic mass is 10.2. The van der Waals surface area contributed by atoms with Crippen molar-refractivity contribution in [3.8, 4) is 11.8 Å². The Hall–Kier alpha value is -2.40. The van der Waals surface area contributed by atoms with Crippen LogP contribution in [-0.4, -0.2) is 16.5 Å². The molecule has 5 nitrogen and oxygen atoms in total. The van der Waals surface area contributed by atoms with Gasteiger partial charge in [0.1, 0.15) is 12.0 Å². The predicted molar refractivity (Wildman–Crippen MR) is 80.3 cm³/mol. The number of hydrogen-bond acceptors (Lipinski definition) is 5. The molecule has 0 saturated heterocycles. The predicted octanol–water partition coefficient (Wildman–Crippen LogP) is 3.51. The van der Waals surface area contributed by atoms with Crippen molar-refractivity contribution in [3.63, 3.8) is 0 Å². The zero-order valence-electron chi connectivity index (χ0n) is 11.9. The molecule has 1 N–H and O–H groups in total. The van der Waals surface area contributed by atoms with E-state index in [0.29, 0.717) is 12.3 Å². The topological polar surface area (TPSA) is 60.2 Å². The summed E-state index contributed by atoms with van der Waals surface area (Å²) >= 11 is 0. The average Bonchev–Trinajstić information content (AvgIpc) is 2.95. The third-order valence-corrected chi connectivity index (χ3v) is 3.05. The van der Waals surface area contributed by atoms with E-state index in [2.05, 4.69) is 22.2 Å². The molecule has 0 amide bonds. The first-order chi connectivity index (χ1) is 10.3. The maximum atomic E-state index is 5.63. The lowest BCUT2D eigenvalue weighted by Crippen LogP contribution is -2.13. The second kappa shape index (κ2) is 6.37. The van der Waals surface area contributed by atoms with E-state index in [1.54, 1.807) is 12.5 Å². The Morgan fingerprint density at radius 2 is 2.24 bits per heavy atom. The first-order valence-electron chi connectivity index (χ1n) is 7.03. The maximum absolute atomic E-state index is 5.63. The molecule has 2 aromatic heterocycles. The summed E-state index contributed by atoms with van der Waals surface area (Å²) in [6.45, 7) is 3.76. The number of hydrogen-bond donors (Lipinski definition) is 1. The van der Waals surface area contributed by atoms with Gasteiger partial charge in [-0.05, 0) is 31.2 Å². The Balaban J connectivity index is 1.70.